The van der Waals surface area contributed by atoms with E-state index in [9.17, 15) is 8.42 Å². The second kappa shape index (κ2) is 5.20. The lowest BCUT2D eigenvalue weighted by atomic mass is 10.1. The highest BCUT2D eigenvalue weighted by atomic mass is 32.2. The molecule has 0 spiro atoms. The van der Waals surface area contributed by atoms with Gasteiger partial charge in [0.2, 0.25) is 10.0 Å². The maximum Gasteiger partial charge on any atom is 0.209 e. The van der Waals surface area contributed by atoms with Gasteiger partial charge in [-0.2, -0.15) is 0 Å². The van der Waals surface area contributed by atoms with Crippen LogP contribution in [0.4, 0.5) is 0 Å². The number of imidazole rings is 1. The van der Waals surface area contributed by atoms with Gasteiger partial charge in [0.15, 0.2) is 4.96 Å². The summed E-state index contributed by atoms with van der Waals surface area (Å²) in [6.45, 7) is 4.83. The lowest BCUT2D eigenvalue weighted by Gasteiger charge is -2.25. The van der Waals surface area contributed by atoms with Crippen LogP contribution in [0.15, 0.2) is 17.8 Å². The monoisotopic (exact) mass is 302 g/mol. The molecule has 0 fully saturated rings. The van der Waals surface area contributed by atoms with Crippen molar-refractivity contribution >= 4 is 26.3 Å². The first-order chi connectivity index (χ1) is 8.75. The number of fused-ring (bicyclic) bond motifs is 1. The number of nitrogens with one attached hydrogen (secondary N) is 2. The topological polar surface area (TPSA) is 75.5 Å². The van der Waals surface area contributed by atoms with Crippen LogP contribution in [0.2, 0.25) is 0 Å². The molecule has 0 aromatic carbocycles. The molecule has 0 bridgehead atoms. The van der Waals surface area contributed by atoms with Gasteiger partial charge < -0.3 is 5.32 Å². The highest BCUT2D eigenvalue weighted by Gasteiger charge is 2.21. The second-order valence-electron chi connectivity index (χ2n) is 5.19. The van der Waals surface area contributed by atoms with Crippen LogP contribution in [0.25, 0.3) is 4.96 Å². The molecule has 0 radical (unpaired) electrons. The van der Waals surface area contributed by atoms with Crippen molar-refractivity contribution in [3.05, 3.63) is 23.5 Å². The van der Waals surface area contributed by atoms with E-state index < -0.39 is 15.6 Å². The van der Waals surface area contributed by atoms with Crippen LogP contribution in [-0.2, 0) is 16.6 Å². The summed E-state index contributed by atoms with van der Waals surface area (Å²) in [5.74, 6) is 0. The largest absolute Gasteiger partial charge is 0.309 e. The number of hydrogen-bond acceptors (Lipinski definition) is 5. The Kier molecular flexibility index (Phi) is 3.95. The quantitative estimate of drug-likeness (QED) is 0.828. The molecule has 0 aliphatic heterocycles. The summed E-state index contributed by atoms with van der Waals surface area (Å²) in [5, 5.41) is 5.20. The third-order valence-electron chi connectivity index (χ3n) is 2.48. The fourth-order valence-electron chi connectivity index (χ4n) is 1.90. The molecule has 2 aromatic rings. The molecule has 0 atom stereocenters. The molecule has 2 rings (SSSR count). The van der Waals surface area contributed by atoms with E-state index in [0.29, 0.717) is 13.1 Å². The lowest BCUT2D eigenvalue weighted by Crippen LogP contribution is -2.49. The summed E-state index contributed by atoms with van der Waals surface area (Å²) in [4.78, 5) is 5.41. The van der Waals surface area contributed by atoms with E-state index in [2.05, 4.69) is 15.0 Å². The number of rotatable bonds is 6. The van der Waals surface area contributed by atoms with Gasteiger partial charge >= 0.3 is 0 Å². The van der Waals surface area contributed by atoms with Gasteiger partial charge in [-0.05, 0) is 13.8 Å². The van der Waals surface area contributed by atoms with Crippen LogP contribution < -0.4 is 10.0 Å². The predicted molar refractivity (Wildman–Crippen MR) is 76.8 cm³/mol. The predicted octanol–water partition coefficient (Wildman–Crippen LogP) is 0.813. The van der Waals surface area contributed by atoms with Crippen LogP contribution in [-0.4, -0.2) is 36.1 Å². The molecule has 2 N–H and O–H groups in total. The van der Waals surface area contributed by atoms with Crippen molar-refractivity contribution in [2.75, 3.05) is 12.8 Å². The minimum absolute atomic E-state index is 0.523. The maximum absolute atomic E-state index is 11.2. The molecule has 8 heteroatoms. The summed E-state index contributed by atoms with van der Waals surface area (Å²) >= 11 is 1.59. The molecule has 0 aliphatic carbocycles. The molecule has 19 heavy (non-hydrogen) atoms. The minimum Gasteiger partial charge on any atom is -0.309 e. The first-order valence-electron chi connectivity index (χ1n) is 5.86. The maximum atomic E-state index is 11.2. The van der Waals surface area contributed by atoms with Crippen LogP contribution >= 0.6 is 11.3 Å². The van der Waals surface area contributed by atoms with Crippen molar-refractivity contribution in [2.45, 2.75) is 25.9 Å². The van der Waals surface area contributed by atoms with E-state index in [1.807, 2.05) is 36.0 Å². The zero-order chi connectivity index (χ0) is 14.1. The van der Waals surface area contributed by atoms with Crippen molar-refractivity contribution in [3.63, 3.8) is 0 Å². The van der Waals surface area contributed by atoms with Crippen LogP contribution in [0.3, 0.4) is 0 Å². The first-order valence-corrected chi connectivity index (χ1v) is 8.63. The summed E-state index contributed by atoms with van der Waals surface area (Å²) in [7, 11) is -3.20. The Bertz CT molecular complexity index is 629. The number of aromatic nitrogens is 2. The highest BCUT2D eigenvalue weighted by Crippen LogP contribution is 2.11. The van der Waals surface area contributed by atoms with Crippen LogP contribution in [0.1, 0.15) is 19.5 Å². The number of sulfonamides is 1. The number of hydrogen-bond donors (Lipinski definition) is 2. The molecule has 0 saturated carbocycles. The molecule has 0 unspecified atom stereocenters. The molecule has 2 aromatic heterocycles. The highest BCUT2D eigenvalue weighted by molar-refractivity contribution is 7.88. The van der Waals surface area contributed by atoms with Crippen LogP contribution in [0.5, 0.6) is 0 Å². The van der Waals surface area contributed by atoms with Gasteiger partial charge in [-0.15, -0.1) is 11.3 Å². The Hall–Kier alpha value is -0.960. The Morgan fingerprint density at radius 2 is 2.21 bits per heavy atom. The van der Waals surface area contributed by atoms with Crippen LogP contribution in [0, 0.1) is 0 Å². The van der Waals surface area contributed by atoms with Gasteiger partial charge in [0.25, 0.3) is 0 Å². The molecule has 0 aliphatic rings. The van der Waals surface area contributed by atoms with Crippen molar-refractivity contribution in [1.82, 2.24) is 19.4 Å². The summed E-state index contributed by atoms with van der Waals surface area (Å²) in [6, 6.07) is 0. The molecule has 2 heterocycles. The molecular formula is C11H18N4O2S2. The molecule has 0 amide bonds. The summed E-state index contributed by atoms with van der Waals surface area (Å²) in [5.41, 5.74) is 0.423. The molecular weight excluding hydrogens is 284 g/mol. The SMILES string of the molecule is CC(C)(CNCc1cn2ccsc2n1)NS(C)(=O)=O. The van der Waals surface area contributed by atoms with E-state index in [0.717, 1.165) is 16.9 Å². The zero-order valence-corrected chi connectivity index (χ0v) is 12.8. The Labute approximate surface area is 116 Å². The Balaban J connectivity index is 1.87. The van der Waals surface area contributed by atoms with E-state index in [1.54, 1.807) is 11.3 Å². The second-order valence-corrected chi connectivity index (χ2v) is 7.81. The third kappa shape index (κ3) is 4.27. The van der Waals surface area contributed by atoms with E-state index >= 15 is 0 Å². The van der Waals surface area contributed by atoms with Gasteiger partial charge in [0.1, 0.15) is 0 Å². The average molecular weight is 302 g/mol. The number of nitrogens with zero attached hydrogens (tertiary/aromatic N) is 2. The third-order valence-corrected chi connectivity index (χ3v) is 4.17. The van der Waals surface area contributed by atoms with Crippen molar-refractivity contribution in [3.8, 4) is 0 Å². The minimum atomic E-state index is -3.20. The summed E-state index contributed by atoms with van der Waals surface area (Å²) in [6.07, 6.45) is 5.10. The standard InChI is InChI=1S/C11H18N4O2S2/c1-11(2,14-19(3,16)17)8-12-6-9-7-15-4-5-18-10(15)13-9/h4-5,7,12,14H,6,8H2,1-3H3. The fourth-order valence-corrected chi connectivity index (χ4v) is 3.70. The zero-order valence-electron chi connectivity index (χ0n) is 11.2. The smallest absolute Gasteiger partial charge is 0.209 e. The number of thiazole rings is 1. The fraction of sp³-hybridized carbons (Fsp3) is 0.545. The first kappa shape index (κ1) is 14.4. The normalized spacial score (nSPS) is 13.2. The molecule has 0 saturated heterocycles. The van der Waals surface area contributed by atoms with Gasteiger partial charge in [-0.1, -0.05) is 0 Å². The van der Waals surface area contributed by atoms with Crippen molar-refractivity contribution < 1.29 is 8.42 Å². The molecule has 106 valence electrons. The van der Waals surface area contributed by atoms with Gasteiger partial charge in [0, 0.05) is 36.4 Å². The van der Waals surface area contributed by atoms with E-state index in [-0.39, 0.29) is 0 Å². The Morgan fingerprint density at radius 1 is 1.47 bits per heavy atom. The van der Waals surface area contributed by atoms with Gasteiger partial charge in [0.05, 0.1) is 11.9 Å². The molecule has 6 nitrogen and oxygen atoms in total. The average Bonchev–Trinajstić information content (AvgIpc) is 2.72. The summed E-state index contributed by atoms with van der Waals surface area (Å²) < 4.78 is 27.0. The van der Waals surface area contributed by atoms with Gasteiger partial charge in [-0.3, -0.25) is 4.40 Å². The van der Waals surface area contributed by atoms with Gasteiger partial charge in [-0.25, -0.2) is 18.1 Å². The Morgan fingerprint density at radius 3 is 2.84 bits per heavy atom. The van der Waals surface area contributed by atoms with Crippen molar-refractivity contribution in [2.24, 2.45) is 0 Å². The van der Waals surface area contributed by atoms with E-state index in [1.165, 1.54) is 0 Å². The van der Waals surface area contributed by atoms with Crippen molar-refractivity contribution in [1.29, 1.82) is 0 Å². The van der Waals surface area contributed by atoms with E-state index in [4.69, 9.17) is 0 Å². The lowest BCUT2D eigenvalue weighted by molar-refractivity contribution is 0.420.